The Labute approximate surface area is 156 Å². The molecule has 4 heteroatoms. The van der Waals surface area contributed by atoms with Crippen LogP contribution in [-0.4, -0.2) is 56.7 Å². The quantitative estimate of drug-likeness (QED) is 0.734. The van der Waals surface area contributed by atoms with Gasteiger partial charge in [0.1, 0.15) is 5.78 Å². The fourth-order valence-electron chi connectivity index (χ4n) is 5.72. The van der Waals surface area contributed by atoms with Crippen LogP contribution in [0.5, 0.6) is 0 Å². The van der Waals surface area contributed by atoms with E-state index in [1.807, 2.05) is 0 Å². The number of benzene rings is 1. The van der Waals surface area contributed by atoms with Gasteiger partial charge in [-0.05, 0) is 49.8 Å². The maximum absolute atomic E-state index is 12.4. The monoisotopic (exact) mass is 357 g/mol. The molecule has 4 nitrogen and oxygen atoms in total. The van der Waals surface area contributed by atoms with Gasteiger partial charge in [0, 0.05) is 38.0 Å². The number of piperidine rings is 1. The molecule has 3 aliphatic rings. The molecule has 1 saturated carbocycles. The van der Waals surface area contributed by atoms with Crippen LogP contribution < -0.4 is 0 Å². The minimum absolute atomic E-state index is 0.0903. The van der Waals surface area contributed by atoms with Crippen molar-refractivity contribution in [2.75, 3.05) is 40.0 Å². The minimum atomic E-state index is 0.0903. The Morgan fingerprint density at radius 2 is 2.15 bits per heavy atom. The zero-order valence-electron chi connectivity index (χ0n) is 16.1. The Bertz CT molecular complexity index is 673. The number of hydrogen-bond donors (Lipinski definition) is 0. The third kappa shape index (κ3) is 3.12. The van der Waals surface area contributed by atoms with Crippen LogP contribution in [0.25, 0.3) is 0 Å². The Morgan fingerprint density at radius 3 is 3.00 bits per heavy atom. The van der Waals surface area contributed by atoms with Crippen molar-refractivity contribution in [1.82, 2.24) is 4.90 Å². The number of fused-ring (bicyclic) bond motifs is 1. The van der Waals surface area contributed by atoms with Gasteiger partial charge in [-0.25, -0.2) is 0 Å². The van der Waals surface area contributed by atoms with Crippen molar-refractivity contribution in [3.05, 3.63) is 34.9 Å². The van der Waals surface area contributed by atoms with Crippen molar-refractivity contribution in [3.8, 4) is 0 Å². The molecule has 26 heavy (non-hydrogen) atoms. The van der Waals surface area contributed by atoms with E-state index in [2.05, 4.69) is 30.0 Å². The van der Waals surface area contributed by atoms with E-state index >= 15 is 0 Å². The molecule has 2 fully saturated rings. The van der Waals surface area contributed by atoms with Crippen LogP contribution in [0.3, 0.4) is 0 Å². The first-order valence-electron chi connectivity index (χ1n) is 10.1. The Hall–Kier alpha value is -1.23. The first-order valence-corrected chi connectivity index (χ1v) is 10.1. The molecule has 1 heterocycles. The smallest absolute Gasteiger partial charge is 0.133 e. The van der Waals surface area contributed by atoms with Gasteiger partial charge in [-0.2, -0.15) is 0 Å². The zero-order chi connectivity index (χ0) is 18.1. The second-order valence-electron chi connectivity index (χ2n) is 8.34. The summed E-state index contributed by atoms with van der Waals surface area (Å²) in [7, 11) is 1.71. The van der Waals surface area contributed by atoms with Crippen molar-refractivity contribution in [3.63, 3.8) is 0 Å². The molecule has 2 aliphatic carbocycles. The number of rotatable bonds is 6. The van der Waals surface area contributed by atoms with Crippen LogP contribution in [0.1, 0.15) is 42.4 Å². The van der Waals surface area contributed by atoms with Crippen LogP contribution in [0.2, 0.25) is 0 Å². The molecular weight excluding hydrogens is 326 g/mol. The predicted molar refractivity (Wildman–Crippen MR) is 102 cm³/mol. The molecule has 1 aromatic rings. The van der Waals surface area contributed by atoms with E-state index < -0.39 is 0 Å². The van der Waals surface area contributed by atoms with Gasteiger partial charge in [-0.1, -0.05) is 23.8 Å². The van der Waals surface area contributed by atoms with Gasteiger partial charge in [0.2, 0.25) is 0 Å². The van der Waals surface area contributed by atoms with Crippen molar-refractivity contribution in [1.29, 1.82) is 0 Å². The molecule has 4 rings (SSSR count). The summed E-state index contributed by atoms with van der Waals surface area (Å²) < 4.78 is 10.8. The SMILES string of the molecule is COCCOCCN1CC[C@]23CC(=O)CC[C@H]2[C@H]1Cc1ccc(C)cc13. The van der Waals surface area contributed by atoms with Crippen LogP contribution in [0.15, 0.2) is 18.2 Å². The van der Waals surface area contributed by atoms with E-state index in [4.69, 9.17) is 9.47 Å². The molecular formula is C22H31NO3. The third-order valence-electron chi connectivity index (χ3n) is 6.92. The lowest BCUT2D eigenvalue weighted by Crippen LogP contribution is -2.62. The number of ether oxygens (including phenoxy) is 2. The average Bonchev–Trinajstić information content (AvgIpc) is 2.63. The summed E-state index contributed by atoms with van der Waals surface area (Å²) in [5, 5.41) is 0. The van der Waals surface area contributed by atoms with Crippen molar-refractivity contribution >= 4 is 5.78 Å². The van der Waals surface area contributed by atoms with Crippen molar-refractivity contribution in [2.45, 2.75) is 50.5 Å². The summed E-state index contributed by atoms with van der Waals surface area (Å²) >= 11 is 0. The zero-order valence-corrected chi connectivity index (χ0v) is 16.1. The van der Waals surface area contributed by atoms with E-state index in [0.29, 0.717) is 31.0 Å². The van der Waals surface area contributed by atoms with Gasteiger partial charge in [0.25, 0.3) is 0 Å². The minimum Gasteiger partial charge on any atom is -0.382 e. The summed E-state index contributed by atoms with van der Waals surface area (Å²) in [4.78, 5) is 15.0. The highest BCUT2D eigenvalue weighted by atomic mass is 16.5. The van der Waals surface area contributed by atoms with Gasteiger partial charge in [-0.3, -0.25) is 9.69 Å². The summed E-state index contributed by atoms with van der Waals surface area (Å²) in [6.45, 7) is 6.32. The van der Waals surface area contributed by atoms with Gasteiger partial charge < -0.3 is 9.47 Å². The average molecular weight is 357 g/mol. The number of methoxy groups -OCH3 is 1. The molecule has 1 aromatic carbocycles. The standard InChI is InChI=1S/C22H31NO3/c1-16-3-4-17-14-21-19-6-5-18(24)15-22(19,20(17)13-16)7-8-23(21)9-10-26-12-11-25-2/h3-4,13,19,21H,5-12,14-15H2,1-2H3/t19-,21+,22-/m0/s1. The van der Waals surface area contributed by atoms with E-state index in [9.17, 15) is 4.79 Å². The molecule has 0 aromatic heterocycles. The first kappa shape index (κ1) is 18.1. The second kappa shape index (κ2) is 7.41. The predicted octanol–water partition coefficient (Wildman–Crippen LogP) is 2.90. The van der Waals surface area contributed by atoms with Gasteiger partial charge in [0.15, 0.2) is 0 Å². The van der Waals surface area contributed by atoms with Gasteiger partial charge in [-0.15, -0.1) is 0 Å². The van der Waals surface area contributed by atoms with E-state index in [1.54, 1.807) is 7.11 Å². The molecule has 0 unspecified atom stereocenters. The van der Waals surface area contributed by atoms with E-state index in [-0.39, 0.29) is 5.41 Å². The molecule has 0 amide bonds. The Kier molecular flexibility index (Phi) is 5.18. The largest absolute Gasteiger partial charge is 0.382 e. The van der Waals surface area contributed by atoms with Crippen LogP contribution in [0.4, 0.5) is 0 Å². The molecule has 0 N–H and O–H groups in total. The number of Topliss-reactive ketones (excluding diaryl/α,β-unsaturated/α-hetero) is 1. The fraction of sp³-hybridized carbons (Fsp3) is 0.682. The molecule has 142 valence electrons. The first-order chi connectivity index (χ1) is 12.6. The Balaban J connectivity index is 1.57. The van der Waals surface area contributed by atoms with Crippen molar-refractivity contribution in [2.24, 2.45) is 5.92 Å². The number of nitrogens with zero attached hydrogens (tertiary/aromatic N) is 1. The number of aryl methyl sites for hydroxylation is 1. The highest BCUT2D eigenvalue weighted by molar-refractivity contribution is 5.81. The third-order valence-corrected chi connectivity index (χ3v) is 6.92. The van der Waals surface area contributed by atoms with Crippen LogP contribution in [0, 0.1) is 12.8 Å². The summed E-state index contributed by atoms with van der Waals surface area (Å²) in [6, 6.07) is 7.47. The fourth-order valence-corrected chi connectivity index (χ4v) is 5.72. The molecule has 0 spiro atoms. The molecule has 3 atom stereocenters. The maximum atomic E-state index is 12.4. The number of ketones is 1. The Morgan fingerprint density at radius 1 is 1.27 bits per heavy atom. The highest BCUT2D eigenvalue weighted by Gasteiger charge is 2.55. The lowest BCUT2D eigenvalue weighted by Gasteiger charge is -2.58. The summed E-state index contributed by atoms with van der Waals surface area (Å²) in [6.07, 6.45) is 4.80. The van der Waals surface area contributed by atoms with Crippen molar-refractivity contribution < 1.29 is 14.3 Å². The maximum Gasteiger partial charge on any atom is 0.133 e. The number of carbonyl (C=O) groups excluding carboxylic acids is 1. The van der Waals surface area contributed by atoms with E-state index in [0.717, 1.165) is 51.8 Å². The molecule has 2 bridgehead atoms. The van der Waals surface area contributed by atoms with E-state index in [1.165, 1.54) is 16.7 Å². The van der Waals surface area contributed by atoms with Gasteiger partial charge in [0.05, 0.1) is 19.8 Å². The van der Waals surface area contributed by atoms with Crippen LogP contribution >= 0.6 is 0 Å². The summed E-state index contributed by atoms with van der Waals surface area (Å²) in [5.41, 5.74) is 4.37. The second-order valence-corrected chi connectivity index (χ2v) is 8.34. The lowest BCUT2D eigenvalue weighted by molar-refractivity contribution is -0.127. The highest BCUT2D eigenvalue weighted by Crippen LogP contribution is 2.55. The normalized spacial score (nSPS) is 30.8. The van der Waals surface area contributed by atoms with Gasteiger partial charge >= 0.3 is 0 Å². The number of carbonyl (C=O) groups is 1. The molecule has 0 radical (unpaired) electrons. The lowest BCUT2D eigenvalue weighted by atomic mass is 9.52. The topological polar surface area (TPSA) is 38.8 Å². The number of hydrogen-bond acceptors (Lipinski definition) is 4. The summed E-state index contributed by atoms with van der Waals surface area (Å²) in [5.74, 6) is 1.08. The van der Waals surface area contributed by atoms with Crippen LogP contribution in [-0.2, 0) is 26.1 Å². The molecule has 1 saturated heterocycles. The number of likely N-dealkylation sites (tertiary alicyclic amines) is 1. The molecule has 1 aliphatic heterocycles.